The van der Waals surface area contributed by atoms with Crippen LogP contribution in [0.1, 0.15) is 48.5 Å². The lowest BCUT2D eigenvalue weighted by atomic mass is 9.96. The van der Waals surface area contributed by atoms with Crippen LogP contribution in [0.3, 0.4) is 0 Å². The highest BCUT2D eigenvalue weighted by molar-refractivity contribution is 14.0. The maximum Gasteiger partial charge on any atom is 0.225 e. The first-order valence-electron chi connectivity index (χ1n) is 8.58. The van der Waals surface area contributed by atoms with E-state index in [1.165, 1.54) is 0 Å². The molecule has 24 heavy (non-hydrogen) atoms. The zero-order chi connectivity index (χ0) is 18.0. The molecule has 0 bridgehead atoms. The minimum atomic E-state index is -0.350. The smallest absolute Gasteiger partial charge is 0.225 e. The summed E-state index contributed by atoms with van der Waals surface area (Å²) in [6, 6.07) is 1.05. The van der Waals surface area contributed by atoms with E-state index in [2.05, 4.69) is 53.5 Å². The molecule has 0 atom stereocenters. The van der Waals surface area contributed by atoms with Gasteiger partial charge in [0.25, 0.3) is 0 Å². The summed E-state index contributed by atoms with van der Waals surface area (Å²) in [4.78, 5) is 18.4. The fourth-order valence-corrected chi connectivity index (χ4v) is 2.26. The predicted molar refractivity (Wildman–Crippen MR) is 114 cm³/mol. The molecule has 0 aromatic rings. The van der Waals surface area contributed by atoms with Gasteiger partial charge in [0.1, 0.15) is 0 Å². The molecule has 3 N–H and O–H groups in total. The summed E-state index contributed by atoms with van der Waals surface area (Å²) in [6.45, 7) is 17.6. The van der Waals surface area contributed by atoms with Crippen molar-refractivity contribution < 1.29 is 4.79 Å². The summed E-state index contributed by atoms with van der Waals surface area (Å²) in [7, 11) is 1.76. The third kappa shape index (κ3) is 11.1. The Bertz CT molecular complexity index is 370. The second-order valence-corrected chi connectivity index (χ2v) is 7.36. The van der Waals surface area contributed by atoms with Crippen LogP contribution in [-0.4, -0.2) is 62.1 Å². The van der Waals surface area contributed by atoms with Gasteiger partial charge >= 0.3 is 0 Å². The Morgan fingerprint density at radius 3 is 1.83 bits per heavy atom. The van der Waals surface area contributed by atoms with Crippen molar-refractivity contribution in [3.8, 4) is 0 Å². The third-order valence-electron chi connectivity index (χ3n) is 3.60. The second-order valence-electron chi connectivity index (χ2n) is 7.36. The number of carbonyl (C=O) groups is 1. The fraction of sp³-hybridized carbons (Fsp3) is 0.882. The fourth-order valence-electron chi connectivity index (χ4n) is 2.26. The minimum Gasteiger partial charge on any atom is -0.355 e. The number of guanidine groups is 1. The van der Waals surface area contributed by atoms with Gasteiger partial charge in [0, 0.05) is 50.7 Å². The molecule has 144 valence electrons. The van der Waals surface area contributed by atoms with Crippen LogP contribution in [0.5, 0.6) is 0 Å². The predicted octanol–water partition coefficient (Wildman–Crippen LogP) is 2.05. The summed E-state index contributed by atoms with van der Waals surface area (Å²) in [5.74, 6) is 0.828. The maximum absolute atomic E-state index is 11.8. The van der Waals surface area contributed by atoms with Crippen molar-refractivity contribution in [3.63, 3.8) is 0 Å². The van der Waals surface area contributed by atoms with Crippen LogP contribution >= 0.6 is 24.0 Å². The molecule has 0 aliphatic rings. The molecular formula is C17H38IN5O. The van der Waals surface area contributed by atoms with Gasteiger partial charge in [-0.25, -0.2) is 0 Å². The van der Waals surface area contributed by atoms with Crippen LogP contribution in [0.4, 0.5) is 0 Å². The van der Waals surface area contributed by atoms with Gasteiger partial charge in [-0.2, -0.15) is 0 Å². The summed E-state index contributed by atoms with van der Waals surface area (Å²) < 4.78 is 0. The van der Waals surface area contributed by atoms with Gasteiger partial charge in [-0.05, 0) is 27.7 Å². The Balaban J connectivity index is 0. The molecule has 0 unspecified atom stereocenters. The number of aliphatic imine (C=N–C) groups is 1. The first-order chi connectivity index (χ1) is 10.6. The van der Waals surface area contributed by atoms with Crippen molar-refractivity contribution in [2.24, 2.45) is 10.4 Å². The highest BCUT2D eigenvalue weighted by Gasteiger charge is 2.20. The van der Waals surface area contributed by atoms with E-state index >= 15 is 0 Å². The molecule has 7 heteroatoms. The lowest BCUT2D eigenvalue weighted by molar-refractivity contribution is -0.128. The van der Waals surface area contributed by atoms with Gasteiger partial charge in [0.2, 0.25) is 5.91 Å². The number of nitrogens with zero attached hydrogens (tertiary/aromatic N) is 2. The summed E-state index contributed by atoms with van der Waals surface area (Å²) in [5, 5.41) is 9.44. The normalized spacial score (nSPS) is 12.4. The molecule has 0 saturated heterocycles. The van der Waals surface area contributed by atoms with Crippen LogP contribution in [0.25, 0.3) is 0 Å². The summed E-state index contributed by atoms with van der Waals surface area (Å²) in [6.07, 6.45) is 0. The van der Waals surface area contributed by atoms with Crippen molar-refractivity contribution in [1.82, 2.24) is 20.9 Å². The van der Waals surface area contributed by atoms with E-state index in [0.717, 1.165) is 19.0 Å². The van der Waals surface area contributed by atoms with Crippen molar-refractivity contribution in [2.45, 2.75) is 60.5 Å². The van der Waals surface area contributed by atoms with Crippen molar-refractivity contribution in [2.75, 3.05) is 33.2 Å². The molecule has 1 amide bonds. The molecule has 6 nitrogen and oxygen atoms in total. The van der Waals surface area contributed by atoms with E-state index in [9.17, 15) is 4.79 Å². The van der Waals surface area contributed by atoms with E-state index in [0.29, 0.717) is 25.2 Å². The topological polar surface area (TPSA) is 68.8 Å². The molecule has 0 radical (unpaired) electrons. The standard InChI is InChI=1S/C17H37N5O.HI/c1-13(2)22(14(3)4)12-11-21-16(18-8)20-10-9-19-15(23)17(5,6)7;/h13-14H,9-12H2,1-8H3,(H,19,23)(H2,18,20,21);1H. The lowest BCUT2D eigenvalue weighted by Crippen LogP contribution is -2.47. The molecule has 0 heterocycles. The van der Waals surface area contributed by atoms with E-state index in [-0.39, 0.29) is 35.3 Å². The lowest BCUT2D eigenvalue weighted by Gasteiger charge is -2.30. The molecule has 0 aliphatic heterocycles. The SMILES string of the molecule is CN=C(NCCNC(=O)C(C)(C)C)NCCN(C(C)C)C(C)C.I. The molecule has 0 aliphatic carbocycles. The molecule has 0 aromatic heterocycles. The van der Waals surface area contributed by atoms with Gasteiger partial charge < -0.3 is 16.0 Å². The summed E-state index contributed by atoms with van der Waals surface area (Å²) >= 11 is 0. The highest BCUT2D eigenvalue weighted by atomic mass is 127. The van der Waals surface area contributed by atoms with Gasteiger partial charge in [-0.15, -0.1) is 24.0 Å². The van der Waals surface area contributed by atoms with Gasteiger partial charge in [0.05, 0.1) is 0 Å². The molecule has 0 aromatic carbocycles. The van der Waals surface area contributed by atoms with Crippen molar-refractivity contribution in [1.29, 1.82) is 0 Å². The Labute approximate surface area is 165 Å². The van der Waals surface area contributed by atoms with Gasteiger partial charge in [-0.3, -0.25) is 14.7 Å². The molecule has 0 spiro atoms. The van der Waals surface area contributed by atoms with Gasteiger partial charge in [-0.1, -0.05) is 20.8 Å². The van der Waals surface area contributed by atoms with Crippen LogP contribution in [0, 0.1) is 5.41 Å². The van der Waals surface area contributed by atoms with E-state index in [4.69, 9.17) is 0 Å². The Kier molecular flexibility index (Phi) is 13.6. The van der Waals surface area contributed by atoms with Crippen molar-refractivity contribution >= 4 is 35.8 Å². The van der Waals surface area contributed by atoms with E-state index in [1.54, 1.807) is 7.05 Å². The number of amides is 1. The van der Waals surface area contributed by atoms with Gasteiger partial charge in [0.15, 0.2) is 5.96 Å². The number of halogens is 1. The van der Waals surface area contributed by atoms with Crippen LogP contribution in [-0.2, 0) is 4.79 Å². The Morgan fingerprint density at radius 2 is 1.42 bits per heavy atom. The van der Waals surface area contributed by atoms with E-state index in [1.807, 2.05) is 20.8 Å². The Morgan fingerprint density at radius 1 is 0.958 bits per heavy atom. The quantitative estimate of drug-likeness (QED) is 0.227. The number of hydrogen-bond donors (Lipinski definition) is 3. The van der Waals surface area contributed by atoms with Crippen LogP contribution in [0.15, 0.2) is 4.99 Å². The third-order valence-corrected chi connectivity index (χ3v) is 3.60. The number of carbonyl (C=O) groups excluding carboxylic acids is 1. The van der Waals surface area contributed by atoms with E-state index < -0.39 is 0 Å². The average Bonchev–Trinajstić information content (AvgIpc) is 2.43. The monoisotopic (exact) mass is 455 g/mol. The largest absolute Gasteiger partial charge is 0.355 e. The first-order valence-corrected chi connectivity index (χ1v) is 8.58. The number of hydrogen-bond acceptors (Lipinski definition) is 3. The number of rotatable bonds is 8. The van der Waals surface area contributed by atoms with Crippen molar-refractivity contribution in [3.05, 3.63) is 0 Å². The maximum atomic E-state index is 11.8. The Hall–Kier alpha value is -0.570. The summed E-state index contributed by atoms with van der Waals surface area (Å²) in [5.41, 5.74) is -0.350. The minimum absolute atomic E-state index is 0. The molecule has 0 fully saturated rings. The second kappa shape index (κ2) is 12.7. The van der Waals surface area contributed by atoms with Crippen LogP contribution < -0.4 is 16.0 Å². The average molecular weight is 455 g/mol. The zero-order valence-electron chi connectivity index (χ0n) is 16.7. The zero-order valence-corrected chi connectivity index (χ0v) is 19.0. The highest BCUT2D eigenvalue weighted by Crippen LogP contribution is 2.11. The van der Waals surface area contributed by atoms with Crippen LogP contribution in [0.2, 0.25) is 0 Å². The molecule has 0 rings (SSSR count). The molecular weight excluding hydrogens is 417 g/mol. The number of nitrogens with one attached hydrogen (secondary N) is 3. The molecule has 0 saturated carbocycles. The first kappa shape index (κ1) is 25.7.